The molecule has 1 aliphatic rings. The van der Waals surface area contributed by atoms with Crippen LogP contribution in [-0.4, -0.2) is 21.4 Å². The number of hydrogen-bond donors (Lipinski definition) is 1. The smallest absolute Gasteiger partial charge is 0.168 e. The van der Waals surface area contributed by atoms with Crippen molar-refractivity contribution in [3.05, 3.63) is 42.2 Å². The SMILES string of the molecule is Cn1ccnc1SC1COc2ccccc2C1N. The summed E-state index contributed by atoms with van der Waals surface area (Å²) in [5, 5.41) is 1.17. The molecule has 3 rings (SSSR count). The fourth-order valence-corrected chi connectivity index (χ4v) is 3.12. The molecular weight excluding hydrogens is 246 g/mol. The van der Waals surface area contributed by atoms with E-state index in [0.717, 1.165) is 16.5 Å². The lowest BCUT2D eigenvalue weighted by Gasteiger charge is -2.30. The number of benzene rings is 1. The van der Waals surface area contributed by atoms with Gasteiger partial charge in [0.15, 0.2) is 5.16 Å². The Morgan fingerprint density at radius 1 is 1.44 bits per heavy atom. The van der Waals surface area contributed by atoms with Crippen molar-refractivity contribution in [2.24, 2.45) is 12.8 Å². The standard InChI is InChI=1S/C13H15N3OS/c1-16-7-6-15-13(16)18-11-8-17-10-5-3-2-4-9(10)12(11)14/h2-7,11-12H,8,14H2,1H3. The molecule has 0 spiro atoms. The number of imidazole rings is 1. The molecular formula is C13H15N3OS. The highest BCUT2D eigenvalue weighted by molar-refractivity contribution is 7.99. The van der Waals surface area contributed by atoms with E-state index in [4.69, 9.17) is 10.5 Å². The fourth-order valence-electron chi connectivity index (χ4n) is 2.07. The van der Waals surface area contributed by atoms with E-state index in [1.807, 2.05) is 42.1 Å². The zero-order valence-corrected chi connectivity index (χ0v) is 10.9. The Morgan fingerprint density at radius 2 is 2.28 bits per heavy atom. The average Bonchev–Trinajstić information content (AvgIpc) is 2.79. The number of para-hydroxylation sites is 1. The van der Waals surface area contributed by atoms with Crippen LogP contribution in [-0.2, 0) is 7.05 Å². The van der Waals surface area contributed by atoms with Gasteiger partial charge in [-0.1, -0.05) is 30.0 Å². The molecule has 2 aromatic rings. The zero-order chi connectivity index (χ0) is 12.5. The molecule has 2 unspecified atom stereocenters. The Labute approximate surface area is 110 Å². The Kier molecular flexibility index (Phi) is 3.01. The van der Waals surface area contributed by atoms with Gasteiger partial charge in [0.1, 0.15) is 12.4 Å². The van der Waals surface area contributed by atoms with E-state index < -0.39 is 0 Å². The number of fused-ring (bicyclic) bond motifs is 1. The average molecular weight is 261 g/mol. The number of thioether (sulfide) groups is 1. The van der Waals surface area contributed by atoms with Crippen LogP contribution in [0.25, 0.3) is 0 Å². The molecule has 2 N–H and O–H groups in total. The summed E-state index contributed by atoms with van der Waals surface area (Å²) in [6.45, 7) is 0.621. The number of ether oxygens (including phenoxy) is 1. The summed E-state index contributed by atoms with van der Waals surface area (Å²) in [6.07, 6.45) is 3.73. The van der Waals surface area contributed by atoms with E-state index in [1.54, 1.807) is 18.0 Å². The van der Waals surface area contributed by atoms with Gasteiger partial charge >= 0.3 is 0 Å². The summed E-state index contributed by atoms with van der Waals surface area (Å²) in [4.78, 5) is 4.32. The van der Waals surface area contributed by atoms with Gasteiger partial charge in [0.25, 0.3) is 0 Å². The summed E-state index contributed by atoms with van der Waals surface area (Å²) in [5.74, 6) is 0.904. The fraction of sp³-hybridized carbons (Fsp3) is 0.308. The van der Waals surface area contributed by atoms with Gasteiger partial charge in [0.05, 0.1) is 5.25 Å². The van der Waals surface area contributed by atoms with Gasteiger partial charge in [-0.2, -0.15) is 0 Å². The van der Waals surface area contributed by atoms with Crippen molar-refractivity contribution < 1.29 is 4.74 Å². The first-order valence-corrected chi connectivity index (χ1v) is 6.75. The minimum atomic E-state index is -0.0170. The number of aryl methyl sites for hydroxylation is 1. The Balaban J connectivity index is 1.83. The number of nitrogens with zero attached hydrogens (tertiary/aromatic N) is 2. The third kappa shape index (κ3) is 2.00. The van der Waals surface area contributed by atoms with Crippen molar-refractivity contribution in [2.75, 3.05) is 6.61 Å². The highest BCUT2D eigenvalue weighted by Crippen LogP contribution is 2.37. The van der Waals surface area contributed by atoms with Crippen molar-refractivity contribution in [2.45, 2.75) is 16.4 Å². The van der Waals surface area contributed by atoms with Gasteiger partial charge in [-0.25, -0.2) is 4.98 Å². The third-order valence-electron chi connectivity index (χ3n) is 3.12. The largest absolute Gasteiger partial charge is 0.492 e. The van der Waals surface area contributed by atoms with Gasteiger partial charge in [0.2, 0.25) is 0 Å². The summed E-state index contributed by atoms with van der Waals surface area (Å²) < 4.78 is 7.76. The lowest BCUT2D eigenvalue weighted by Crippen LogP contribution is -2.33. The molecule has 0 aliphatic carbocycles. The van der Waals surface area contributed by atoms with E-state index >= 15 is 0 Å². The molecule has 0 fully saturated rings. The maximum atomic E-state index is 6.32. The van der Waals surface area contributed by atoms with Crippen LogP contribution >= 0.6 is 11.8 Å². The van der Waals surface area contributed by atoms with E-state index in [0.29, 0.717) is 6.61 Å². The monoisotopic (exact) mass is 261 g/mol. The summed E-state index contributed by atoms with van der Waals surface area (Å²) in [6, 6.07) is 7.95. The molecule has 5 heteroatoms. The van der Waals surface area contributed by atoms with Crippen molar-refractivity contribution >= 4 is 11.8 Å². The topological polar surface area (TPSA) is 53.1 Å². The van der Waals surface area contributed by atoms with Gasteiger partial charge in [-0.05, 0) is 6.07 Å². The van der Waals surface area contributed by atoms with Crippen molar-refractivity contribution in [1.82, 2.24) is 9.55 Å². The summed E-state index contributed by atoms with van der Waals surface area (Å²) in [5.41, 5.74) is 7.40. The lowest BCUT2D eigenvalue weighted by molar-refractivity contribution is 0.275. The molecule has 18 heavy (non-hydrogen) atoms. The molecule has 2 atom stereocenters. The van der Waals surface area contributed by atoms with E-state index in [1.165, 1.54) is 0 Å². The first kappa shape index (κ1) is 11.6. The van der Waals surface area contributed by atoms with Crippen molar-refractivity contribution in [3.8, 4) is 5.75 Å². The number of hydrogen-bond acceptors (Lipinski definition) is 4. The predicted octanol–water partition coefficient (Wildman–Crippen LogP) is 1.97. The minimum Gasteiger partial charge on any atom is -0.492 e. The number of nitrogens with two attached hydrogens (primary N) is 1. The van der Waals surface area contributed by atoms with Crippen molar-refractivity contribution in [3.63, 3.8) is 0 Å². The molecule has 0 radical (unpaired) electrons. The molecule has 0 amide bonds. The molecule has 0 saturated carbocycles. The zero-order valence-electron chi connectivity index (χ0n) is 10.1. The maximum absolute atomic E-state index is 6.32. The van der Waals surface area contributed by atoms with E-state index in [2.05, 4.69) is 4.98 Å². The maximum Gasteiger partial charge on any atom is 0.168 e. The third-order valence-corrected chi connectivity index (χ3v) is 4.45. The van der Waals surface area contributed by atoms with Gasteiger partial charge in [-0.15, -0.1) is 0 Å². The van der Waals surface area contributed by atoms with E-state index in [9.17, 15) is 0 Å². The highest BCUT2D eigenvalue weighted by Gasteiger charge is 2.29. The Bertz CT molecular complexity index is 555. The summed E-state index contributed by atoms with van der Waals surface area (Å²) in [7, 11) is 1.98. The van der Waals surface area contributed by atoms with Crippen molar-refractivity contribution in [1.29, 1.82) is 0 Å². The molecule has 1 aromatic heterocycles. The van der Waals surface area contributed by atoms with Gasteiger partial charge in [0, 0.05) is 31.0 Å². The minimum absolute atomic E-state index is 0.0170. The number of aromatic nitrogens is 2. The predicted molar refractivity (Wildman–Crippen MR) is 71.7 cm³/mol. The molecule has 4 nitrogen and oxygen atoms in total. The quantitative estimate of drug-likeness (QED) is 0.898. The molecule has 0 saturated heterocycles. The van der Waals surface area contributed by atoms with Crippen LogP contribution in [0.3, 0.4) is 0 Å². The van der Waals surface area contributed by atoms with Crippen LogP contribution in [0.5, 0.6) is 5.75 Å². The normalized spacial score (nSPS) is 22.3. The first-order chi connectivity index (χ1) is 8.75. The molecule has 2 heterocycles. The first-order valence-electron chi connectivity index (χ1n) is 5.87. The van der Waals surface area contributed by atoms with Crippen LogP contribution in [0.1, 0.15) is 11.6 Å². The number of rotatable bonds is 2. The Morgan fingerprint density at radius 3 is 3.06 bits per heavy atom. The van der Waals surface area contributed by atoms with Crippen LogP contribution in [0.15, 0.2) is 41.8 Å². The highest BCUT2D eigenvalue weighted by atomic mass is 32.2. The second kappa shape index (κ2) is 4.66. The second-order valence-electron chi connectivity index (χ2n) is 4.35. The van der Waals surface area contributed by atoms with Gasteiger partial charge < -0.3 is 15.0 Å². The molecule has 1 aromatic carbocycles. The second-order valence-corrected chi connectivity index (χ2v) is 5.56. The van der Waals surface area contributed by atoms with Crippen LogP contribution in [0.4, 0.5) is 0 Å². The lowest BCUT2D eigenvalue weighted by atomic mass is 10.0. The Hall–Kier alpha value is -1.46. The summed E-state index contributed by atoms with van der Waals surface area (Å²) >= 11 is 1.67. The van der Waals surface area contributed by atoms with E-state index in [-0.39, 0.29) is 11.3 Å². The van der Waals surface area contributed by atoms with Gasteiger partial charge in [-0.3, -0.25) is 0 Å². The molecule has 0 bridgehead atoms. The molecule has 1 aliphatic heterocycles. The van der Waals surface area contributed by atoms with Crippen LogP contribution in [0.2, 0.25) is 0 Å². The van der Waals surface area contributed by atoms with Crippen LogP contribution < -0.4 is 10.5 Å². The van der Waals surface area contributed by atoms with Crippen LogP contribution in [0, 0.1) is 0 Å². The molecule has 94 valence electrons.